The molecule has 104 valence electrons. The van der Waals surface area contributed by atoms with E-state index in [2.05, 4.69) is 10.3 Å². The van der Waals surface area contributed by atoms with Crippen LogP contribution in [0.1, 0.15) is 11.1 Å². The lowest BCUT2D eigenvalue weighted by Gasteiger charge is -2.11. The summed E-state index contributed by atoms with van der Waals surface area (Å²) in [5, 5.41) is 13.0. The molecule has 6 heteroatoms. The van der Waals surface area contributed by atoms with Crippen molar-refractivity contribution in [1.29, 1.82) is 0 Å². The number of benzene rings is 1. The lowest BCUT2D eigenvalue weighted by atomic mass is 10.2. The Morgan fingerprint density at radius 1 is 1.45 bits per heavy atom. The molecule has 1 aromatic heterocycles. The van der Waals surface area contributed by atoms with Crippen molar-refractivity contribution in [3.8, 4) is 5.75 Å². The first-order valence-electron chi connectivity index (χ1n) is 6.22. The maximum absolute atomic E-state index is 11.0. The van der Waals surface area contributed by atoms with Crippen molar-refractivity contribution in [2.45, 2.75) is 11.4 Å². The Morgan fingerprint density at radius 3 is 3.00 bits per heavy atom. The fraction of sp³-hybridized carbons (Fsp3) is 0.286. The number of carboxylic acids is 1. The molecule has 2 heterocycles. The van der Waals surface area contributed by atoms with Crippen molar-refractivity contribution >= 4 is 28.6 Å². The zero-order valence-corrected chi connectivity index (χ0v) is 11.7. The molecule has 1 aromatic carbocycles. The summed E-state index contributed by atoms with van der Waals surface area (Å²) in [5.41, 5.74) is 1.74. The molecule has 0 bridgehead atoms. The topological polar surface area (TPSA) is 71.5 Å². The molecule has 0 aliphatic carbocycles. The molecule has 20 heavy (non-hydrogen) atoms. The third kappa shape index (κ3) is 2.44. The number of carboxylic acid groups (broad SMARTS) is 1. The fourth-order valence-corrected chi connectivity index (χ4v) is 3.36. The number of carbonyl (C=O) groups is 1. The molecule has 2 atom stereocenters. The van der Waals surface area contributed by atoms with Crippen molar-refractivity contribution in [3.63, 3.8) is 0 Å². The molecule has 1 aliphatic heterocycles. The van der Waals surface area contributed by atoms with Crippen LogP contribution < -0.4 is 10.1 Å². The molecular weight excluding hydrogens is 276 g/mol. The van der Waals surface area contributed by atoms with Gasteiger partial charge in [0.15, 0.2) is 0 Å². The predicted octanol–water partition coefficient (Wildman–Crippen LogP) is 2.03. The molecule has 0 saturated carbocycles. The first-order chi connectivity index (χ1) is 9.67. The minimum atomic E-state index is -0.814. The summed E-state index contributed by atoms with van der Waals surface area (Å²) in [7, 11) is 1.63. The zero-order chi connectivity index (χ0) is 14.1. The minimum Gasteiger partial charge on any atom is -0.497 e. The summed E-state index contributed by atoms with van der Waals surface area (Å²) in [6, 6.07) is 9.12. The van der Waals surface area contributed by atoms with Crippen LogP contribution in [0.4, 0.5) is 0 Å². The summed E-state index contributed by atoms with van der Waals surface area (Å²) in [6.45, 7) is 0. The standard InChI is InChI=1S/C14H14N2O3S/c1-19-9-3-5-10-8(6-9)2-4-11(15-10)13-16-12(7-20-13)14(17)18/h2-6,12-13,16H,7H2,1H3,(H,17,18)/t12-,13?/m0/s1. The molecular formula is C14H14N2O3S. The maximum atomic E-state index is 11.0. The molecule has 2 N–H and O–H groups in total. The Balaban J connectivity index is 1.88. The number of pyridine rings is 1. The number of thioether (sulfide) groups is 1. The van der Waals surface area contributed by atoms with Crippen LogP contribution in [0.5, 0.6) is 5.75 Å². The van der Waals surface area contributed by atoms with E-state index in [4.69, 9.17) is 9.84 Å². The number of methoxy groups -OCH3 is 1. The van der Waals surface area contributed by atoms with E-state index >= 15 is 0 Å². The van der Waals surface area contributed by atoms with Crippen LogP contribution in [-0.4, -0.2) is 35.0 Å². The van der Waals surface area contributed by atoms with Crippen molar-refractivity contribution in [2.24, 2.45) is 0 Å². The van der Waals surface area contributed by atoms with Crippen molar-refractivity contribution in [1.82, 2.24) is 10.3 Å². The predicted molar refractivity (Wildman–Crippen MR) is 78.1 cm³/mol. The third-order valence-corrected chi connectivity index (χ3v) is 4.50. The molecule has 3 rings (SSSR count). The van der Waals surface area contributed by atoms with E-state index in [0.717, 1.165) is 22.3 Å². The Hall–Kier alpha value is -1.79. The number of aliphatic carboxylic acids is 1. The SMILES string of the molecule is COc1ccc2nc(C3N[C@H](C(=O)O)CS3)ccc2c1. The monoisotopic (exact) mass is 290 g/mol. The van der Waals surface area contributed by atoms with Gasteiger partial charge in [0, 0.05) is 11.1 Å². The van der Waals surface area contributed by atoms with Gasteiger partial charge in [-0.1, -0.05) is 6.07 Å². The van der Waals surface area contributed by atoms with Gasteiger partial charge < -0.3 is 9.84 Å². The van der Waals surface area contributed by atoms with E-state index in [1.165, 1.54) is 0 Å². The fourth-order valence-electron chi connectivity index (χ4n) is 2.18. The van der Waals surface area contributed by atoms with E-state index in [1.807, 2.05) is 30.3 Å². The Bertz CT molecular complexity index is 662. The molecule has 0 spiro atoms. The highest BCUT2D eigenvalue weighted by molar-refractivity contribution is 7.99. The molecule has 2 aromatic rings. The van der Waals surface area contributed by atoms with Gasteiger partial charge in [-0.05, 0) is 24.3 Å². The number of rotatable bonds is 3. The van der Waals surface area contributed by atoms with Gasteiger partial charge in [-0.2, -0.15) is 0 Å². The van der Waals surface area contributed by atoms with Crippen molar-refractivity contribution in [3.05, 3.63) is 36.0 Å². The summed E-state index contributed by atoms with van der Waals surface area (Å²) in [4.78, 5) is 15.5. The second-order valence-corrected chi connectivity index (χ2v) is 5.70. The number of hydrogen-bond donors (Lipinski definition) is 2. The van der Waals surface area contributed by atoms with Crippen LogP contribution in [0.2, 0.25) is 0 Å². The lowest BCUT2D eigenvalue weighted by molar-refractivity contribution is -0.138. The van der Waals surface area contributed by atoms with E-state index in [9.17, 15) is 4.79 Å². The lowest BCUT2D eigenvalue weighted by Crippen LogP contribution is -2.33. The second kappa shape index (κ2) is 5.30. The van der Waals surface area contributed by atoms with Gasteiger partial charge in [0.25, 0.3) is 0 Å². The van der Waals surface area contributed by atoms with E-state index in [0.29, 0.717) is 5.75 Å². The summed E-state index contributed by atoms with van der Waals surface area (Å²) in [6.07, 6.45) is 0. The van der Waals surface area contributed by atoms with Crippen LogP contribution in [0.25, 0.3) is 10.9 Å². The number of nitrogens with zero attached hydrogens (tertiary/aromatic N) is 1. The molecule has 5 nitrogen and oxygen atoms in total. The normalized spacial score (nSPS) is 22.1. The van der Waals surface area contributed by atoms with E-state index in [1.54, 1.807) is 18.9 Å². The van der Waals surface area contributed by atoms with Gasteiger partial charge in [0.1, 0.15) is 11.8 Å². The maximum Gasteiger partial charge on any atom is 0.321 e. The van der Waals surface area contributed by atoms with Gasteiger partial charge in [-0.3, -0.25) is 15.1 Å². The van der Waals surface area contributed by atoms with Crippen molar-refractivity contribution in [2.75, 3.05) is 12.9 Å². The van der Waals surface area contributed by atoms with Gasteiger partial charge >= 0.3 is 5.97 Å². The van der Waals surface area contributed by atoms with Crippen LogP contribution in [0.15, 0.2) is 30.3 Å². The number of aromatic nitrogens is 1. The number of fused-ring (bicyclic) bond motifs is 1. The van der Waals surface area contributed by atoms with Crippen molar-refractivity contribution < 1.29 is 14.6 Å². The number of hydrogen-bond acceptors (Lipinski definition) is 5. The van der Waals surface area contributed by atoms with Gasteiger partial charge in [0.05, 0.1) is 23.7 Å². The van der Waals surface area contributed by atoms with Crippen LogP contribution in [-0.2, 0) is 4.79 Å². The highest BCUT2D eigenvalue weighted by atomic mass is 32.2. The minimum absolute atomic E-state index is 0.0670. The van der Waals surface area contributed by atoms with Crippen LogP contribution >= 0.6 is 11.8 Å². The number of ether oxygens (including phenoxy) is 1. The molecule has 0 radical (unpaired) electrons. The van der Waals surface area contributed by atoms with Gasteiger partial charge in [-0.25, -0.2) is 0 Å². The third-order valence-electron chi connectivity index (χ3n) is 3.27. The quantitative estimate of drug-likeness (QED) is 0.901. The highest BCUT2D eigenvalue weighted by Crippen LogP contribution is 2.32. The second-order valence-electron chi connectivity index (χ2n) is 4.57. The molecule has 0 amide bonds. The first-order valence-corrected chi connectivity index (χ1v) is 7.27. The van der Waals surface area contributed by atoms with Gasteiger partial charge in [0.2, 0.25) is 0 Å². The Morgan fingerprint density at radius 2 is 2.30 bits per heavy atom. The average molecular weight is 290 g/mol. The summed E-state index contributed by atoms with van der Waals surface area (Å²) >= 11 is 1.57. The number of nitrogens with one attached hydrogen (secondary N) is 1. The largest absolute Gasteiger partial charge is 0.497 e. The average Bonchev–Trinajstić information content (AvgIpc) is 2.96. The Kier molecular flexibility index (Phi) is 3.50. The van der Waals surface area contributed by atoms with E-state index < -0.39 is 12.0 Å². The molecule has 1 aliphatic rings. The summed E-state index contributed by atoms with van der Waals surface area (Å²) in [5.74, 6) is 0.541. The van der Waals surface area contributed by atoms with Gasteiger partial charge in [-0.15, -0.1) is 11.8 Å². The zero-order valence-electron chi connectivity index (χ0n) is 10.9. The van der Waals surface area contributed by atoms with Crippen LogP contribution in [0, 0.1) is 0 Å². The smallest absolute Gasteiger partial charge is 0.321 e. The molecule has 1 unspecified atom stereocenters. The highest BCUT2D eigenvalue weighted by Gasteiger charge is 2.31. The van der Waals surface area contributed by atoms with Crippen LogP contribution in [0.3, 0.4) is 0 Å². The Labute approximate surface area is 120 Å². The first kappa shape index (κ1) is 13.2. The summed E-state index contributed by atoms with van der Waals surface area (Å²) < 4.78 is 5.18. The molecule has 1 fully saturated rings. The molecule has 1 saturated heterocycles. The van der Waals surface area contributed by atoms with E-state index in [-0.39, 0.29) is 5.37 Å².